The second-order valence-electron chi connectivity index (χ2n) is 5.47. The van der Waals surface area contributed by atoms with Crippen LogP contribution in [0.4, 0.5) is 4.79 Å². The lowest BCUT2D eigenvalue weighted by Crippen LogP contribution is -2.40. The summed E-state index contributed by atoms with van der Waals surface area (Å²) in [7, 11) is 0. The Balaban J connectivity index is 1.63. The van der Waals surface area contributed by atoms with E-state index >= 15 is 0 Å². The van der Waals surface area contributed by atoms with Crippen molar-refractivity contribution in [3.8, 4) is 5.75 Å². The second kappa shape index (κ2) is 7.59. The van der Waals surface area contributed by atoms with Gasteiger partial charge in [0, 0.05) is 5.56 Å². The van der Waals surface area contributed by atoms with Crippen LogP contribution in [0.2, 0.25) is 0 Å². The van der Waals surface area contributed by atoms with E-state index in [1.54, 1.807) is 4.90 Å². The van der Waals surface area contributed by atoms with Crippen molar-refractivity contribution in [1.82, 2.24) is 20.4 Å². The van der Waals surface area contributed by atoms with Gasteiger partial charge >= 0.3 is 6.03 Å². The van der Waals surface area contributed by atoms with Gasteiger partial charge in [0.25, 0.3) is 0 Å². The molecular weight excluding hydrogens is 328 g/mol. The molecule has 0 unspecified atom stereocenters. The van der Waals surface area contributed by atoms with Gasteiger partial charge in [-0.15, -0.1) is 10.2 Å². The van der Waals surface area contributed by atoms with E-state index in [0.717, 1.165) is 33.3 Å². The zero-order valence-corrected chi connectivity index (χ0v) is 14.3. The summed E-state index contributed by atoms with van der Waals surface area (Å²) in [5.74, 6) is 0.763. The molecule has 1 aliphatic rings. The number of benzene rings is 1. The monoisotopic (exact) mass is 348 g/mol. The van der Waals surface area contributed by atoms with Gasteiger partial charge in [0.1, 0.15) is 22.4 Å². The number of hydrogen-bond donors (Lipinski definition) is 2. The molecule has 2 amide bonds. The first-order chi connectivity index (χ1) is 11.7. The Kier molecular flexibility index (Phi) is 5.27. The molecule has 0 saturated carbocycles. The first kappa shape index (κ1) is 16.7. The number of urea groups is 1. The fourth-order valence-corrected chi connectivity index (χ4v) is 3.21. The average Bonchev–Trinajstić information content (AvgIpc) is 2.97. The smallest absolute Gasteiger partial charge is 0.318 e. The van der Waals surface area contributed by atoms with Gasteiger partial charge in [0.05, 0.1) is 26.2 Å². The normalized spacial score (nSPS) is 13.8. The molecule has 1 aliphatic heterocycles. The van der Waals surface area contributed by atoms with Crippen molar-refractivity contribution in [2.24, 2.45) is 0 Å². The summed E-state index contributed by atoms with van der Waals surface area (Å²) in [6.45, 7) is 3.76. The van der Waals surface area contributed by atoms with Crippen LogP contribution in [-0.2, 0) is 26.1 Å². The lowest BCUT2D eigenvalue weighted by molar-refractivity contribution is 0.187. The number of aliphatic hydroxyl groups excluding tert-OH is 1. The standard InChI is InChI=1S/C16H20N4O3S/c1-2-14-18-19-15(24-14)8-17-16(22)20-5-6-23-13-4-3-11(10-21)7-12(13)9-20/h3-4,7,21H,2,5-6,8-10H2,1H3,(H,17,22). The minimum atomic E-state index is -0.158. The number of hydrogen-bond acceptors (Lipinski definition) is 6. The SMILES string of the molecule is CCc1nnc(CNC(=O)N2CCOc3ccc(CO)cc3C2)s1. The highest BCUT2D eigenvalue weighted by molar-refractivity contribution is 7.11. The third-order valence-electron chi connectivity index (χ3n) is 3.78. The highest BCUT2D eigenvalue weighted by Crippen LogP contribution is 2.24. The molecule has 0 spiro atoms. The number of fused-ring (bicyclic) bond motifs is 1. The lowest BCUT2D eigenvalue weighted by Gasteiger charge is -2.20. The molecular formula is C16H20N4O3S. The zero-order chi connectivity index (χ0) is 16.9. The number of rotatable bonds is 4. The maximum absolute atomic E-state index is 12.4. The third-order valence-corrected chi connectivity index (χ3v) is 4.84. The fourth-order valence-electron chi connectivity index (χ4n) is 2.49. The summed E-state index contributed by atoms with van der Waals surface area (Å²) in [6.07, 6.45) is 0.846. The number of carbonyl (C=O) groups excluding carboxylic acids is 1. The summed E-state index contributed by atoms with van der Waals surface area (Å²) in [6, 6.07) is 5.39. The second-order valence-corrected chi connectivity index (χ2v) is 6.62. The van der Waals surface area contributed by atoms with Crippen LogP contribution in [0.15, 0.2) is 18.2 Å². The van der Waals surface area contributed by atoms with Crippen LogP contribution in [0.3, 0.4) is 0 Å². The van der Waals surface area contributed by atoms with E-state index in [4.69, 9.17) is 4.74 Å². The largest absolute Gasteiger partial charge is 0.491 e. The molecule has 0 fully saturated rings. The number of aromatic nitrogens is 2. The number of nitrogens with one attached hydrogen (secondary N) is 1. The summed E-state index contributed by atoms with van der Waals surface area (Å²) in [5.41, 5.74) is 1.71. The van der Waals surface area contributed by atoms with Gasteiger partial charge in [0.15, 0.2) is 0 Å². The Morgan fingerprint density at radius 1 is 1.42 bits per heavy atom. The van der Waals surface area contributed by atoms with Crippen LogP contribution >= 0.6 is 11.3 Å². The first-order valence-electron chi connectivity index (χ1n) is 7.89. The van der Waals surface area contributed by atoms with E-state index in [1.807, 2.05) is 25.1 Å². The fraction of sp³-hybridized carbons (Fsp3) is 0.438. The van der Waals surface area contributed by atoms with Crippen molar-refractivity contribution in [2.45, 2.75) is 33.0 Å². The molecule has 3 rings (SSSR count). The topological polar surface area (TPSA) is 87.6 Å². The molecule has 0 atom stereocenters. The predicted octanol–water partition coefficient (Wildman–Crippen LogP) is 1.70. The average molecular weight is 348 g/mol. The molecule has 1 aromatic carbocycles. The van der Waals surface area contributed by atoms with E-state index in [1.165, 1.54) is 11.3 Å². The quantitative estimate of drug-likeness (QED) is 0.878. The van der Waals surface area contributed by atoms with Crippen LogP contribution in [-0.4, -0.2) is 39.4 Å². The maximum Gasteiger partial charge on any atom is 0.318 e. The Labute approximate surface area is 144 Å². The summed E-state index contributed by atoms with van der Waals surface area (Å²) in [4.78, 5) is 14.1. The van der Waals surface area contributed by atoms with Gasteiger partial charge in [-0.3, -0.25) is 0 Å². The molecule has 128 valence electrons. The molecule has 0 saturated heterocycles. The van der Waals surface area contributed by atoms with Crippen molar-refractivity contribution >= 4 is 17.4 Å². The number of aliphatic hydroxyl groups is 1. The van der Waals surface area contributed by atoms with Gasteiger partial charge < -0.3 is 20.1 Å². The highest BCUT2D eigenvalue weighted by atomic mass is 32.1. The molecule has 2 N–H and O–H groups in total. The summed E-state index contributed by atoms with van der Waals surface area (Å²) < 4.78 is 5.69. The summed E-state index contributed by atoms with van der Waals surface area (Å²) in [5, 5.41) is 22.0. The van der Waals surface area contributed by atoms with E-state index in [9.17, 15) is 9.90 Å². The molecule has 2 aromatic rings. The predicted molar refractivity (Wildman–Crippen MR) is 89.8 cm³/mol. The molecule has 8 heteroatoms. The van der Waals surface area contributed by atoms with E-state index < -0.39 is 0 Å². The minimum absolute atomic E-state index is 0.0315. The van der Waals surface area contributed by atoms with Crippen LogP contribution in [0.1, 0.15) is 28.1 Å². The molecule has 0 bridgehead atoms. The molecule has 1 aromatic heterocycles. The number of amides is 2. The van der Waals surface area contributed by atoms with Gasteiger partial charge in [-0.25, -0.2) is 4.79 Å². The summed E-state index contributed by atoms with van der Waals surface area (Å²) >= 11 is 1.51. The van der Waals surface area contributed by atoms with Crippen LogP contribution in [0.5, 0.6) is 5.75 Å². The van der Waals surface area contributed by atoms with Crippen LogP contribution in [0, 0.1) is 0 Å². The van der Waals surface area contributed by atoms with Crippen molar-refractivity contribution in [3.05, 3.63) is 39.3 Å². The van der Waals surface area contributed by atoms with Gasteiger partial charge in [-0.1, -0.05) is 24.3 Å². The number of nitrogens with zero attached hydrogens (tertiary/aromatic N) is 3. The number of aryl methyl sites for hydroxylation is 1. The van der Waals surface area contributed by atoms with Crippen molar-refractivity contribution < 1.29 is 14.6 Å². The van der Waals surface area contributed by atoms with E-state index in [-0.39, 0.29) is 12.6 Å². The maximum atomic E-state index is 12.4. The molecule has 7 nitrogen and oxygen atoms in total. The highest BCUT2D eigenvalue weighted by Gasteiger charge is 2.20. The Morgan fingerprint density at radius 2 is 2.25 bits per heavy atom. The Morgan fingerprint density at radius 3 is 3.00 bits per heavy atom. The zero-order valence-electron chi connectivity index (χ0n) is 13.5. The molecule has 0 aliphatic carbocycles. The molecule has 24 heavy (non-hydrogen) atoms. The van der Waals surface area contributed by atoms with Crippen molar-refractivity contribution in [2.75, 3.05) is 13.2 Å². The van der Waals surface area contributed by atoms with Gasteiger partial charge in [0.2, 0.25) is 0 Å². The van der Waals surface area contributed by atoms with Gasteiger partial charge in [-0.2, -0.15) is 0 Å². The molecule has 0 radical (unpaired) electrons. The van der Waals surface area contributed by atoms with Crippen molar-refractivity contribution in [1.29, 1.82) is 0 Å². The number of carbonyl (C=O) groups is 1. The van der Waals surface area contributed by atoms with Crippen LogP contribution in [0.25, 0.3) is 0 Å². The van der Waals surface area contributed by atoms with Gasteiger partial charge in [-0.05, 0) is 24.1 Å². The van der Waals surface area contributed by atoms with Crippen LogP contribution < -0.4 is 10.1 Å². The van der Waals surface area contributed by atoms with E-state index in [2.05, 4.69) is 15.5 Å². The third kappa shape index (κ3) is 3.82. The lowest BCUT2D eigenvalue weighted by atomic mass is 10.1. The van der Waals surface area contributed by atoms with Crippen molar-refractivity contribution in [3.63, 3.8) is 0 Å². The Hall–Kier alpha value is -2.19. The first-order valence-corrected chi connectivity index (χ1v) is 8.70. The van der Waals surface area contributed by atoms with E-state index in [0.29, 0.717) is 26.2 Å². The number of ether oxygens (including phenoxy) is 1. The minimum Gasteiger partial charge on any atom is -0.491 e. The Bertz CT molecular complexity index is 719. The molecule has 2 heterocycles.